The molecule has 0 saturated heterocycles. The average molecular weight is 251 g/mol. The SMILES string of the molecule is C=CCN=C1Nc2ccc(C)cc2S(=O)(=O)N1. The molecule has 0 aliphatic carbocycles. The number of fused-ring (bicyclic) bond motifs is 1. The monoisotopic (exact) mass is 251 g/mol. The topological polar surface area (TPSA) is 70.6 Å². The first kappa shape index (κ1) is 11.7. The van der Waals surface area contributed by atoms with Gasteiger partial charge in [0.15, 0.2) is 0 Å². The lowest BCUT2D eigenvalue weighted by atomic mass is 10.2. The molecule has 0 radical (unpaired) electrons. The Balaban J connectivity index is 2.48. The summed E-state index contributed by atoms with van der Waals surface area (Å²) in [5.74, 6) is 0.223. The molecule has 1 aliphatic heterocycles. The van der Waals surface area contributed by atoms with Gasteiger partial charge in [0.1, 0.15) is 4.90 Å². The number of nitrogens with zero attached hydrogens (tertiary/aromatic N) is 1. The molecule has 0 atom stereocenters. The Morgan fingerprint density at radius 3 is 2.94 bits per heavy atom. The van der Waals surface area contributed by atoms with Crippen molar-refractivity contribution < 1.29 is 8.42 Å². The quantitative estimate of drug-likeness (QED) is 0.777. The molecule has 0 unspecified atom stereocenters. The normalized spacial score (nSPS) is 19.0. The predicted octanol–water partition coefficient (Wildman–Crippen LogP) is 1.24. The summed E-state index contributed by atoms with van der Waals surface area (Å²) in [7, 11) is -3.52. The first-order valence-corrected chi connectivity index (χ1v) is 6.57. The van der Waals surface area contributed by atoms with Crippen molar-refractivity contribution in [3.8, 4) is 0 Å². The van der Waals surface area contributed by atoms with Crippen molar-refractivity contribution in [2.45, 2.75) is 11.8 Å². The van der Waals surface area contributed by atoms with Crippen LogP contribution in [0.3, 0.4) is 0 Å². The number of anilines is 1. The number of guanidine groups is 1. The average Bonchev–Trinajstić information content (AvgIpc) is 2.27. The summed E-state index contributed by atoms with van der Waals surface area (Å²) in [6.07, 6.45) is 1.59. The van der Waals surface area contributed by atoms with Crippen LogP contribution in [0.25, 0.3) is 0 Å². The number of rotatable bonds is 2. The van der Waals surface area contributed by atoms with E-state index in [1.54, 1.807) is 18.2 Å². The van der Waals surface area contributed by atoms with Crippen LogP contribution in [0, 0.1) is 6.92 Å². The van der Waals surface area contributed by atoms with Crippen molar-refractivity contribution >= 4 is 21.7 Å². The lowest BCUT2D eigenvalue weighted by molar-refractivity contribution is 0.591. The van der Waals surface area contributed by atoms with E-state index in [1.165, 1.54) is 0 Å². The third-order valence-electron chi connectivity index (χ3n) is 2.29. The van der Waals surface area contributed by atoms with Crippen LogP contribution < -0.4 is 10.0 Å². The molecule has 0 bridgehead atoms. The Bertz CT molecular complexity index is 591. The number of hydrogen-bond donors (Lipinski definition) is 2. The molecule has 0 amide bonds. The summed E-state index contributed by atoms with van der Waals surface area (Å²) in [6, 6.07) is 5.19. The van der Waals surface area contributed by atoms with Crippen LogP contribution in [0.2, 0.25) is 0 Å². The zero-order chi connectivity index (χ0) is 12.5. The highest BCUT2D eigenvalue weighted by Gasteiger charge is 2.26. The smallest absolute Gasteiger partial charge is 0.266 e. The van der Waals surface area contributed by atoms with Crippen molar-refractivity contribution in [1.29, 1.82) is 0 Å². The minimum atomic E-state index is -3.52. The van der Waals surface area contributed by atoms with Crippen LogP contribution in [0.4, 0.5) is 5.69 Å². The molecule has 2 N–H and O–H groups in total. The van der Waals surface area contributed by atoms with Crippen LogP contribution in [0.5, 0.6) is 0 Å². The van der Waals surface area contributed by atoms with Gasteiger partial charge < -0.3 is 5.32 Å². The van der Waals surface area contributed by atoms with Crippen LogP contribution in [-0.2, 0) is 10.0 Å². The molecule has 1 aromatic carbocycles. The van der Waals surface area contributed by atoms with E-state index >= 15 is 0 Å². The molecule has 0 aromatic heterocycles. The molecular weight excluding hydrogens is 238 g/mol. The number of aliphatic imine (C=N–C) groups is 1. The van der Waals surface area contributed by atoms with Gasteiger partial charge in [-0.15, -0.1) is 6.58 Å². The fourth-order valence-electron chi connectivity index (χ4n) is 1.52. The van der Waals surface area contributed by atoms with Crippen molar-refractivity contribution in [2.75, 3.05) is 11.9 Å². The van der Waals surface area contributed by atoms with Crippen molar-refractivity contribution in [1.82, 2.24) is 4.72 Å². The molecule has 2 rings (SSSR count). The van der Waals surface area contributed by atoms with Gasteiger partial charge in [0.05, 0.1) is 12.2 Å². The highest BCUT2D eigenvalue weighted by Crippen LogP contribution is 2.25. The number of hydrogen-bond acceptors (Lipinski definition) is 3. The van der Waals surface area contributed by atoms with E-state index in [1.807, 2.05) is 13.0 Å². The maximum Gasteiger partial charge on any atom is 0.266 e. The molecular formula is C11H13N3O2S. The van der Waals surface area contributed by atoms with Gasteiger partial charge in [0.25, 0.3) is 10.0 Å². The lowest BCUT2D eigenvalue weighted by Gasteiger charge is -2.21. The second-order valence-corrected chi connectivity index (χ2v) is 5.36. The third kappa shape index (κ3) is 2.31. The van der Waals surface area contributed by atoms with E-state index in [0.29, 0.717) is 12.2 Å². The number of aryl methyl sites for hydroxylation is 1. The minimum Gasteiger partial charge on any atom is -0.324 e. The Morgan fingerprint density at radius 2 is 2.24 bits per heavy atom. The van der Waals surface area contributed by atoms with Crippen molar-refractivity contribution in [2.24, 2.45) is 4.99 Å². The van der Waals surface area contributed by atoms with E-state index in [-0.39, 0.29) is 10.9 Å². The summed E-state index contributed by atoms with van der Waals surface area (Å²) < 4.78 is 26.3. The van der Waals surface area contributed by atoms with Gasteiger partial charge in [-0.1, -0.05) is 12.1 Å². The summed E-state index contributed by atoms with van der Waals surface area (Å²) in [5, 5.41) is 2.93. The molecule has 5 nitrogen and oxygen atoms in total. The molecule has 0 fully saturated rings. The van der Waals surface area contributed by atoms with E-state index in [2.05, 4.69) is 21.6 Å². The summed E-state index contributed by atoms with van der Waals surface area (Å²) >= 11 is 0. The van der Waals surface area contributed by atoms with E-state index in [9.17, 15) is 8.42 Å². The van der Waals surface area contributed by atoms with Gasteiger partial charge in [-0.3, -0.25) is 0 Å². The molecule has 90 valence electrons. The maximum atomic E-state index is 11.9. The Hall–Kier alpha value is -1.82. The summed E-state index contributed by atoms with van der Waals surface area (Å²) in [4.78, 5) is 4.26. The van der Waals surface area contributed by atoms with E-state index in [0.717, 1.165) is 5.56 Å². The fraction of sp³-hybridized carbons (Fsp3) is 0.182. The highest BCUT2D eigenvalue weighted by atomic mass is 32.2. The van der Waals surface area contributed by atoms with Gasteiger partial charge in [-0.25, -0.2) is 18.1 Å². The fourth-order valence-corrected chi connectivity index (χ4v) is 2.75. The molecule has 0 saturated carbocycles. The second-order valence-electron chi connectivity index (χ2n) is 3.71. The van der Waals surface area contributed by atoms with Gasteiger partial charge >= 0.3 is 0 Å². The predicted molar refractivity (Wildman–Crippen MR) is 67.6 cm³/mol. The maximum absolute atomic E-state index is 11.9. The largest absolute Gasteiger partial charge is 0.324 e. The highest BCUT2D eigenvalue weighted by molar-refractivity contribution is 7.90. The van der Waals surface area contributed by atoms with Gasteiger partial charge in [0, 0.05) is 0 Å². The molecule has 0 spiro atoms. The molecule has 6 heteroatoms. The van der Waals surface area contributed by atoms with Crippen molar-refractivity contribution in [3.05, 3.63) is 36.4 Å². The van der Waals surface area contributed by atoms with Crippen LogP contribution in [-0.4, -0.2) is 20.9 Å². The first-order chi connectivity index (χ1) is 8.03. The molecule has 1 aromatic rings. The Kier molecular flexibility index (Phi) is 2.89. The minimum absolute atomic E-state index is 0.223. The van der Waals surface area contributed by atoms with E-state index in [4.69, 9.17) is 0 Å². The van der Waals surface area contributed by atoms with E-state index < -0.39 is 10.0 Å². The summed E-state index contributed by atoms with van der Waals surface area (Å²) in [6.45, 7) is 5.72. The number of benzene rings is 1. The van der Waals surface area contributed by atoms with Gasteiger partial charge in [-0.05, 0) is 24.6 Å². The Morgan fingerprint density at radius 1 is 1.47 bits per heavy atom. The zero-order valence-corrected chi connectivity index (χ0v) is 10.2. The number of nitrogens with one attached hydrogen (secondary N) is 2. The van der Waals surface area contributed by atoms with Crippen LogP contribution in [0.1, 0.15) is 5.56 Å². The molecule has 1 aliphatic rings. The standard InChI is InChI=1S/C11H13N3O2S/c1-3-6-12-11-13-9-5-4-8(2)7-10(9)17(15,16)14-11/h3-5,7H,1,6H2,2H3,(H2,12,13,14). The second kappa shape index (κ2) is 4.21. The number of sulfonamides is 1. The van der Waals surface area contributed by atoms with Gasteiger partial charge in [0.2, 0.25) is 5.96 Å². The zero-order valence-electron chi connectivity index (χ0n) is 9.40. The molecule has 17 heavy (non-hydrogen) atoms. The summed E-state index contributed by atoms with van der Waals surface area (Å²) in [5.41, 5.74) is 1.43. The Labute approximate surface area is 100 Å². The first-order valence-electron chi connectivity index (χ1n) is 5.09. The lowest BCUT2D eigenvalue weighted by Crippen LogP contribution is -2.40. The van der Waals surface area contributed by atoms with Gasteiger partial charge in [-0.2, -0.15) is 0 Å². The van der Waals surface area contributed by atoms with Crippen LogP contribution >= 0.6 is 0 Å². The molecule has 1 heterocycles. The van der Waals surface area contributed by atoms with Crippen molar-refractivity contribution in [3.63, 3.8) is 0 Å². The van der Waals surface area contributed by atoms with Crippen LogP contribution in [0.15, 0.2) is 40.7 Å². The third-order valence-corrected chi connectivity index (χ3v) is 3.67.